The predicted octanol–water partition coefficient (Wildman–Crippen LogP) is 11.5. The van der Waals surface area contributed by atoms with Crippen molar-refractivity contribution in [3.63, 3.8) is 0 Å². The van der Waals surface area contributed by atoms with E-state index in [9.17, 15) is 0 Å². The lowest BCUT2D eigenvalue weighted by molar-refractivity contribution is -0.0954. The topological polar surface area (TPSA) is 12.4 Å². The second-order valence-corrected chi connectivity index (χ2v) is 24.8. The molecule has 0 aromatic carbocycles. The first-order valence-corrected chi connectivity index (χ1v) is 19.6. The highest BCUT2D eigenvalue weighted by Crippen LogP contribution is 2.94. The van der Waals surface area contributed by atoms with E-state index in [1.54, 1.807) is 0 Å². The molecule has 0 spiro atoms. The maximum absolute atomic E-state index is 6.07. The standard InChI is InChI=1S/C36H60NPS/c1-7-26-9-27-8-25(2)10-34(15-26,16-27)38(37-39,35-17-28-11-30(3,21-35)19-31(4,12-28)22-35)36-18-29-13-32(5,23-36)20-33(6,14-29)24-36/h25-29,39H,7-24H2,1-6H3. The Morgan fingerprint density at radius 2 is 1.05 bits per heavy atom. The van der Waals surface area contributed by atoms with Crippen LogP contribution in [0.3, 0.4) is 0 Å². The third kappa shape index (κ3) is 3.49. The van der Waals surface area contributed by atoms with Crippen molar-refractivity contribution in [2.24, 2.45) is 55.4 Å². The van der Waals surface area contributed by atoms with Gasteiger partial charge in [-0.2, -0.15) is 0 Å². The van der Waals surface area contributed by atoms with Gasteiger partial charge in [0.2, 0.25) is 0 Å². The second kappa shape index (κ2) is 7.99. The Hall–Kier alpha value is 0.580. The monoisotopic (exact) mass is 569 g/mol. The fourth-order valence-electron chi connectivity index (χ4n) is 17.4. The second-order valence-electron chi connectivity index (χ2n) is 20.0. The van der Waals surface area contributed by atoms with Gasteiger partial charge in [0, 0.05) is 22.5 Å². The van der Waals surface area contributed by atoms with Gasteiger partial charge in [-0.25, -0.2) is 4.15 Å². The zero-order valence-electron chi connectivity index (χ0n) is 26.5. The quantitative estimate of drug-likeness (QED) is 0.255. The first kappa shape index (κ1) is 27.2. The number of hydrogen-bond acceptors (Lipinski definition) is 1. The van der Waals surface area contributed by atoms with Gasteiger partial charge in [0.05, 0.1) is 0 Å². The molecule has 10 bridgehead atoms. The smallest absolute Gasteiger partial charge is 0.00870 e. The van der Waals surface area contributed by atoms with Crippen LogP contribution < -0.4 is 0 Å². The lowest BCUT2D eigenvalue weighted by atomic mass is 9.44. The van der Waals surface area contributed by atoms with Crippen LogP contribution in [0.2, 0.25) is 0 Å². The predicted molar refractivity (Wildman–Crippen MR) is 171 cm³/mol. The van der Waals surface area contributed by atoms with Crippen LogP contribution in [0.15, 0.2) is 4.15 Å². The van der Waals surface area contributed by atoms with E-state index >= 15 is 0 Å². The molecular weight excluding hydrogens is 509 g/mol. The first-order valence-electron chi connectivity index (χ1n) is 17.5. The first-order chi connectivity index (χ1) is 18.2. The van der Waals surface area contributed by atoms with Crippen LogP contribution in [0.4, 0.5) is 0 Å². The zero-order valence-corrected chi connectivity index (χ0v) is 28.2. The van der Waals surface area contributed by atoms with Crippen molar-refractivity contribution < 1.29 is 0 Å². The van der Waals surface area contributed by atoms with E-state index in [0.717, 1.165) is 29.6 Å². The van der Waals surface area contributed by atoms with Gasteiger partial charge in [-0.1, -0.05) is 48.0 Å². The molecule has 0 amide bonds. The SMILES string of the molecule is CCC1CC2CC(C)CC(P(=NS)(C34CC5CC(C)(CC(C)(C5)C3)C4)C34CC5CC(C)(CC(C)(C5)C3)C4)(C1)C2. The van der Waals surface area contributed by atoms with Crippen molar-refractivity contribution in [3.05, 3.63) is 0 Å². The molecule has 10 aliphatic rings. The molecule has 0 aromatic heterocycles. The molecule has 220 valence electrons. The molecule has 10 saturated carbocycles. The van der Waals surface area contributed by atoms with Crippen LogP contribution in [0, 0.1) is 51.2 Å². The van der Waals surface area contributed by atoms with Gasteiger partial charge >= 0.3 is 0 Å². The summed E-state index contributed by atoms with van der Waals surface area (Å²) in [6, 6.07) is 0. The van der Waals surface area contributed by atoms with E-state index in [1.165, 1.54) is 116 Å². The highest BCUT2D eigenvalue weighted by atomic mass is 32.1. The van der Waals surface area contributed by atoms with E-state index < -0.39 is 7.05 Å². The summed E-state index contributed by atoms with van der Waals surface area (Å²) in [7, 11) is -1.84. The van der Waals surface area contributed by atoms with Crippen LogP contribution in [-0.2, 0) is 0 Å². The molecule has 0 N–H and O–H groups in total. The highest BCUT2D eigenvalue weighted by Gasteiger charge is 2.77. The molecule has 0 aliphatic heterocycles. The summed E-state index contributed by atoms with van der Waals surface area (Å²) in [4.78, 5) is 0. The molecule has 39 heavy (non-hydrogen) atoms. The molecule has 1 nitrogen and oxygen atoms in total. The molecule has 0 aromatic rings. The summed E-state index contributed by atoms with van der Waals surface area (Å²) in [5.74, 6) is 4.71. The number of nitrogens with zero attached hydrogens (tertiary/aromatic N) is 1. The number of rotatable bonds is 4. The van der Waals surface area contributed by atoms with Crippen molar-refractivity contribution in [1.29, 1.82) is 0 Å². The average Bonchev–Trinajstić information content (AvgIpc) is 2.73. The lowest BCUT2D eigenvalue weighted by Gasteiger charge is -2.78. The largest absolute Gasteiger partial charge is 0.238 e. The maximum atomic E-state index is 6.07. The normalized spacial score (nSPS) is 62.3. The van der Waals surface area contributed by atoms with Crippen LogP contribution in [0.25, 0.3) is 0 Å². The summed E-state index contributed by atoms with van der Waals surface area (Å²) in [5, 5.41) is 1.44. The number of thiol groups is 1. The van der Waals surface area contributed by atoms with Crippen molar-refractivity contribution in [3.8, 4) is 0 Å². The van der Waals surface area contributed by atoms with Gasteiger partial charge in [-0.15, -0.1) is 0 Å². The zero-order chi connectivity index (χ0) is 27.3. The minimum atomic E-state index is -1.84. The van der Waals surface area contributed by atoms with Gasteiger partial charge in [-0.3, -0.25) is 0 Å². The Labute approximate surface area is 247 Å². The Balaban J connectivity index is 1.41. The third-order valence-corrected chi connectivity index (χ3v) is 22.2. The fourth-order valence-corrected chi connectivity index (χ4v) is 27.8. The van der Waals surface area contributed by atoms with Crippen LogP contribution in [0.5, 0.6) is 0 Å². The van der Waals surface area contributed by atoms with E-state index in [1.807, 2.05) is 0 Å². The highest BCUT2D eigenvalue weighted by molar-refractivity contribution is 7.87. The molecule has 8 unspecified atom stereocenters. The van der Waals surface area contributed by atoms with Crippen molar-refractivity contribution >= 4 is 19.9 Å². The fraction of sp³-hybridized carbons (Fsp3) is 1.00. The molecule has 8 atom stereocenters. The van der Waals surface area contributed by atoms with Crippen molar-refractivity contribution in [2.45, 2.75) is 173 Å². The van der Waals surface area contributed by atoms with Crippen molar-refractivity contribution in [2.75, 3.05) is 0 Å². The summed E-state index contributed by atoms with van der Waals surface area (Å²) in [6.45, 7) is 16.2. The van der Waals surface area contributed by atoms with E-state index in [0.29, 0.717) is 37.1 Å². The van der Waals surface area contributed by atoms with Gasteiger partial charge in [0.25, 0.3) is 0 Å². The third-order valence-electron chi connectivity index (χ3n) is 15.4. The maximum Gasteiger partial charge on any atom is 0.00870 e. The summed E-state index contributed by atoms with van der Waals surface area (Å²) < 4.78 is 6.07. The van der Waals surface area contributed by atoms with E-state index in [-0.39, 0.29) is 0 Å². The average molecular weight is 570 g/mol. The van der Waals surface area contributed by atoms with Crippen LogP contribution in [0.1, 0.15) is 157 Å². The van der Waals surface area contributed by atoms with Gasteiger partial charge < -0.3 is 0 Å². The van der Waals surface area contributed by atoms with E-state index in [2.05, 4.69) is 41.5 Å². The van der Waals surface area contributed by atoms with Gasteiger partial charge in [-0.05, 0) is 173 Å². The number of fused-ring (bicyclic) bond motifs is 2. The Morgan fingerprint density at radius 1 is 0.590 bits per heavy atom. The Morgan fingerprint density at radius 3 is 1.46 bits per heavy atom. The molecule has 10 aliphatic carbocycles. The number of hydrogen-bond donors (Lipinski definition) is 1. The van der Waals surface area contributed by atoms with Crippen molar-refractivity contribution in [1.82, 2.24) is 0 Å². The molecule has 0 heterocycles. The van der Waals surface area contributed by atoms with Crippen LogP contribution >= 0.6 is 19.9 Å². The van der Waals surface area contributed by atoms with Gasteiger partial charge in [0.1, 0.15) is 0 Å². The molecule has 10 rings (SSSR count). The van der Waals surface area contributed by atoms with E-state index in [4.69, 9.17) is 17.0 Å². The molecule has 10 fully saturated rings. The molecule has 3 heteroatoms. The Bertz CT molecular complexity index is 1030. The van der Waals surface area contributed by atoms with Crippen LogP contribution in [-0.4, -0.2) is 15.5 Å². The molecular formula is C36H60NPS. The van der Waals surface area contributed by atoms with Gasteiger partial charge in [0.15, 0.2) is 0 Å². The summed E-state index contributed by atoms with van der Waals surface area (Å²) in [5.41, 5.74) is 2.23. The molecule has 0 radical (unpaired) electrons. The minimum absolute atomic E-state index is 0.479. The summed E-state index contributed by atoms with van der Waals surface area (Å²) in [6.07, 6.45) is 27.2. The Kier molecular flexibility index (Phi) is 5.56. The molecule has 0 saturated heterocycles. The lowest BCUT2D eigenvalue weighted by Crippen LogP contribution is -2.67. The minimum Gasteiger partial charge on any atom is -0.238 e. The summed E-state index contributed by atoms with van der Waals surface area (Å²) >= 11 is 5.48.